The third-order valence-electron chi connectivity index (χ3n) is 5.97. The van der Waals surface area contributed by atoms with Gasteiger partial charge in [0.25, 0.3) is 5.91 Å². The van der Waals surface area contributed by atoms with E-state index in [9.17, 15) is 4.79 Å². The quantitative estimate of drug-likeness (QED) is 0.301. The van der Waals surface area contributed by atoms with Gasteiger partial charge in [-0.2, -0.15) is 0 Å². The van der Waals surface area contributed by atoms with Crippen LogP contribution in [0.4, 0.5) is 0 Å². The number of nitrogens with zero attached hydrogens (tertiary/aromatic N) is 1. The number of aromatic nitrogens is 2. The van der Waals surface area contributed by atoms with E-state index in [1.165, 1.54) is 11.3 Å². The van der Waals surface area contributed by atoms with E-state index in [0.717, 1.165) is 43.2 Å². The van der Waals surface area contributed by atoms with Gasteiger partial charge in [-0.25, -0.2) is 4.98 Å². The van der Waals surface area contributed by atoms with Crippen molar-refractivity contribution in [1.29, 1.82) is 0 Å². The van der Waals surface area contributed by atoms with E-state index in [1.807, 2.05) is 67.7 Å². The van der Waals surface area contributed by atoms with Crippen LogP contribution in [0.2, 0.25) is 0 Å². The Hall–Kier alpha value is -3.90. The molecule has 0 aliphatic carbocycles. The predicted molar refractivity (Wildman–Crippen MR) is 138 cm³/mol. The Kier molecular flexibility index (Phi) is 6.14. The number of amides is 1. The minimum Gasteiger partial charge on any atom is -0.497 e. The van der Waals surface area contributed by atoms with Crippen LogP contribution in [0, 0.1) is 6.92 Å². The molecule has 0 radical (unpaired) electrons. The highest BCUT2D eigenvalue weighted by atomic mass is 32.1. The first-order chi connectivity index (χ1) is 16.6. The molecule has 170 valence electrons. The third-order valence-corrected chi connectivity index (χ3v) is 6.99. The fourth-order valence-electron chi connectivity index (χ4n) is 4.27. The van der Waals surface area contributed by atoms with Crippen molar-refractivity contribution < 1.29 is 9.53 Å². The minimum atomic E-state index is -0.165. The zero-order valence-corrected chi connectivity index (χ0v) is 19.9. The van der Waals surface area contributed by atoms with Crippen LogP contribution in [0.5, 0.6) is 5.75 Å². The van der Waals surface area contributed by atoms with Gasteiger partial charge in [-0.15, -0.1) is 11.3 Å². The average Bonchev–Trinajstić information content (AvgIpc) is 3.49. The Labute approximate surface area is 202 Å². The lowest BCUT2D eigenvalue weighted by Crippen LogP contribution is -2.29. The summed E-state index contributed by atoms with van der Waals surface area (Å²) in [7, 11) is 1.66. The van der Waals surface area contributed by atoms with Crippen molar-refractivity contribution in [3.8, 4) is 16.2 Å². The number of fused-ring (bicyclic) bond motifs is 1. The molecule has 5 aromatic rings. The number of rotatable bonds is 7. The standard InChI is InChI=1S/C28H25N3O2S/c1-18-31-26(27(34-18)20-8-4-3-5-9-20)28(32)30-16-23(19-12-14-21(33-2)15-13-19)24-17-29-25-11-7-6-10-22(24)25/h3-15,17,23,29H,16H2,1-2H3,(H,30,32). The Morgan fingerprint density at radius 3 is 2.53 bits per heavy atom. The molecule has 2 heterocycles. The molecule has 0 aliphatic heterocycles. The SMILES string of the molecule is COc1ccc(C(CNC(=O)c2nc(C)sc2-c2ccccc2)c2c[nH]c3ccccc23)cc1. The van der Waals surface area contributed by atoms with Crippen molar-refractivity contribution >= 4 is 28.1 Å². The molecule has 1 unspecified atom stereocenters. The molecule has 0 bridgehead atoms. The van der Waals surface area contributed by atoms with E-state index in [0.29, 0.717) is 12.2 Å². The van der Waals surface area contributed by atoms with Crippen LogP contribution >= 0.6 is 11.3 Å². The molecule has 1 atom stereocenters. The Bertz CT molecular complexity index is 1420. The predicted octanol–water partition coefficient (Wildman–Crippen LogP) is 6.17. The summed E-state index contributed by atoms with van der Waals surface area (Å²) in [6, 6.07) is 26.2. The number of hydrogen-bond donors (Lipinski definition) is 2. The Morgan fingerprint density at radius 2 is 1.76 bits per heavy atom. The summed E-state index contributed by atoms with van der Waals surface area (Å²) < 4.78 is 5.34. The first-order valence-corrected chi connectivity index (χ1v) is 12.0. The van der Waals surface area contributed by atoms with Gasteiger partial charge < -0.3 is 15.0 Å². The fraction of sp³-hybridized carbons (Fsp3) is 0.143. The summed E-state index contributed by atoms with van der Waals surface area (Å²) in [5.41, 5.74) is 4.79. The maximum atomic E-state index is 13.3. The molecule has 5 nitrogen and oxygen atoms in total. The van der Waals surface area contributed by atoms with Gasteiger partial charge in [0, 0.05) is 29.6 Å². The molecule has 0 aliphatic rings. The molecule has 0 spiro atoms. The number of para-hydroxylation sites is 1. The van der Waals surface area contributed by atoms with E-state index >= 15 is 0 Å². The van der Waals surface area contributed by atoms with Gasteiger partial charge in [0.1, 0.15) is 11.4 Å². The second kappa shape index (κ2) is 9.53. The summed E-state index contributed by atoms with van der Waals surface area (Å²) in [4.78, 5) is 22.1. The lowest BCUT2D eigenvalue weighted by atomic mass is 9.90. The van der Waals surface area contributed by atoms with Crippen molar-refractivity contribution in [2.75, 3.05) is 13.7 Å². The van der Waals surface area contributed by atoms with Gasteiger partial charge in [-0.1, -0.05) is 60.7 Å². The van der Waals surface area contributed by atoms with Gasteiger partial charge in [0.2, 0.25) is 0 Å². The molecule has 2 N–H and O–H groups in total. The topological polar surface area (TPSA) is 67.0 Å². The van der Waals surface area contributed by atoms with E-state index < -0.39 is 0 Å². The Morgan fingerprint density at radius 1 is 1.03 bits per heavy atom. The van der Waals surface area contributed by atoms with E-state index in [-0.39, 0.29) is 11.8 Å². The van der Waals surface area contributed by atoms with Crippen LogP contribution in [-0.2, 0) is 0 Å². The van der Waals surface area contributed by atoms with Gasteiger partial charge in [-0.05, 0) is 41.8 Å². The van der Waals surface area contributed by atoms with Crippen molar-refractivity contribution in [1.82, 2.24) is 15.3 Å². The maximum absolute atomic E-state index is 13.3. The van der Waals surface area contributed by atoms with Crippen LogP contribution in [0.25, 0.3) is 21.3 Å². The normalized spacial score (nSPS) is 11.9. The summed E-state index contributed by atoms with van der Waals surface area (Å²) in [5.74, 6) is 0.600. The molecule has 1 amide bonds. The van der Waals surface area contributed by atoms with Crippen LogP contribution in [0.15, 0.2) is 85.1 Å². The summed E-state index contributed by atoms with van der Waals surface area (Å²) in [5, 5.41) is 5.18. The zero-order valence-electron chi connectivity index (χ0n) is 19.0. The summed E-state index contributed by atoms with van der Waals surface area (Å²) in [6.07, 6.45) is 2.04. The molecule has 0 fully saturated rings. The maximum Gasteiger partial charge on any atom is 0.271 e. The van der Waals surface area contributed by atoms with Crippen molar-refractivity contribution in [2.45, 2.75) is 12.8 Å². The zero-order chi connectivity index (χ0) is 23.5. The van der Waals surface area contributed by atoms with Crippen LogP contribution in [0.3, 0.4) is 0 Å². The molecule has 0 saturated heterocycles. The second-order valence-electron chi connectivity index (χ2n) is 8.10. The number of aromatic amines is 1. The van der Waals surface area contributed by atoms with Crippen molar-refractivity contribution in [3.05, 3.63) is 107 Å². The number of carbonyl (C=O) groups excluding carboxylic acids is 1. The second-order valence-corrected chi connectivity index (χ2v) is 9.31. The number of carbonyl (C=O) groups is 1. The largest absolute Gasteiger partial charge is 0.497 e. The lowest BCUT2D eigenvalue weighted by Gasteiger charge is -2.18. The summed E-state index contributed by atoms with van der Waals surface area (Å²) in [6.45, 7) is 2.37. The first kappa shape index (κ1) is 21.9. The van der Waals surface area contributed by atoms with Gasteiger partial charge in [-0.3, -0.25) is 4.79 Å². The van der Waals surface area contributed by atoms with Crippen LogP contribution < -0.4 is 10.1 Å². The first-order valence-electron chi connectivity index (χ1n) is 11.1. The molecule has 6 heteroatoms. The number of benzene rings is 3. The van der Waals surface area contributed by atoms with Gasteiger partial charge in [0.05, 0.1) is 17.0 Å². The number of nitrogens with one attached hydrogen (secondary N) is 2. The average molecular weight is 468 g/mol. The molecule has 5 rings (SSSR count). The number of ether oxygens (including phenoxy) is 1. The smallest absolute Gasteiger partial charge is 0.271 e. The van der Waals surface area contributed by atoms with E-state index in [1.54, 1.807) is 7.11 Å². The molecule has 34 heavy (non-hydrogen) atoms. The number of H-pyrrole nitrogens is 1. The van der Waals surface area contributed by atoms with E-state index in [4.69, 9.17) is 4.74 Å². The number of aryl methyl sites for hydroxylation is 1. The highest BCUT2D eigenvalue weighted by Crippen LogP contribution is 2.33. The number of methoxy groups -OCH3 is 1. The van der Waals surface area contributed by atoms with Crippen molar-refractivity contribution in [3.63, 3.8) is 0 Å². The minimum absolute atomic E-state index is 0.0362. The van der Waals surface area contributed by atoms with Gasteiger partial charge >= 0.3 is 0 Å². The molecule has 0 saturated carbocycles. The van der Waals surface area contributed by atoms with E-state index in [2.05, 4.69) is 39.6 Å². The molecular formula is C28H25N3O2S. The highest BCUT2D eigenvalue weighted by Gasteiger charge is 2.22. The number of thiazole rings is 1. The third kappa shape index (κ3) is 4.32. The molecular weight excluding hydrogens is 442 g/mol. The Balaban J connectivity index is 1.46. The van der Waals surface area contributed by atoms with Crippen LogP contribution in [-0.4, -0.2) is 29.5 Å². The monoisotopic (exact) mass is 467 g/mol. The van der Waals surface area contributed by atoms with Crippen LogP contribution in [0.1, 0.15) is 32.5 Å². The highest BCUT2D eigenvalue weighted by molar-refractivity contribution is 7.15. The van der Waals surface area contributed by atoms with Crippen molar-refractivity contribution in [2.24, 2.45) is 0 Å². The summed E-state index contributed by atoms with van der Waals surface area (Å²) >= 11 is 1.54. The van der Waals surface area contributed by atoms with Gasteiger partial charge in [0.15, 0.2) is 0 Å². The number of hydrogen-bond acceptors (Lipinski definition) is 4. The lowest BCUT2D eigenvalue weighted by molar-refractivity contribution is 0.0948. The fourth-order valence-corrected chi connectivity index (χ4v) is 5.19. The molecule has 2 aromatic heterocycles. The molecule has 3 aromatic carbocycles.